The predicted molar refractivity (Wildman–Crippen MR) is 128 cm³/mol. The molecule has 2 rings (SSSR count). The number of rotatable bonds is 1. The third-order valence-electron chi connectivity index (χ3n) is 3.13. The number of aromatic hydroxyl groups is 3. The fraction of sp³-hybridized carbons (Fsp3) is 0.250. The first-order valence-electron chi connectivity index (χ1n) is 7.46. The Balaban J connectivity index is 0. The molecule has 3 N–H and O–H groups in total. The highest BCUT2D eigenvalue weighted by molar-refractivity contribution is 7.23. The van der Waals surface area contributed by atoms with E-state index in [1.807, 2.05) is 12.1 Å². The quantitative estimate of drug-likeness (QED) is 0.271. The van der Waals surface area contributed by atoms with Gasteiger partial charge in [-0.05, 0) is 41.3 Å². The van der Waals surface area contributed by atoms with Crippen LogP contribution in [0.15, 0.2) is 36.4 Å². The Labute approximate surface area is 210 Å². The first-order valence-corrected chi connectivity index (χ1v) is 17.9. The van der Waals surface area contributed by atoms with E-state index in [0.717, 1.165) is 5.56 Å². The van der Waals surface area contributed by atoms with Crippen LogP contribution in [0.25, 0.3) is 11.1 Å². The van der Waals surface area contributed by atoms with Gasteiger partial charge in [0.1, 0.15) is 17.2 Å². The molecule has 2 aromatic carbocycles. The number of halogens is 6. The Morgan fingerprint density at radius 2 is 1.00 bits per heavy atom. The summed E-state index contributed by atoms with van der Waals surface area (Å²) >= 11 is -0.917. The van der Waals surface area contributed by atoms with Crippen molar-refractivity contribution in [3.05, 3.63) is 42.0 Å². The maximum absolute atomic E-state index is 9.98. The van der Waals surface area contributed by atoms with Gasteiger partial charge in [0.2, 0.25) is 0 Å². The Morgan fingerprint density at radius 3 is 1.39 bits per heavy atom. The average Bonchev–Trinajstić information content (AvgIpc) is 2.59. The Hall–Kier alpha value is 1.18. The topological polar surface area (TPSA) is 60.7 Å². The molecule has 0 fully saturated rings. The highest BCUT2D eigenvalue weighted by atomic mass is 35.7. The molecule has 3 radical (unpaired) electrons. The third-order valence-corrected chi connectivity index (χ3v) is 3.13. The van der Waals surface area contributed by atoms with E-state index in [9.17, 15) is 15.3 Å². The molecule has 0 aliphatic heterocycles. The number of phenolic OH excluding ortho intramolecular Hbond substituents is 3. The fourth-order valence-electron chi connectivity index (χ4n) is 1.96. The molecule has 3 nitrogen and oxygen atoms in total. The molecule has 0 bridgehead atoms. The van der Waals surface area contributed by atoms with Crippen molar-refractivity contribution in [1.29, 1.82) is 0 Å². The number of benzene rings is 2. The first-order chi connectivity index (χ1) is 13.0. The SMILES string of the molecule is CC(C)(C)c1ccc(O)c(-c2cc(O)ccc2O)c1.[Cl][Al][Cl].[Cl][Al][Cl].[Cl][Al][Cl]. The molecule has 0 spiro atoms. The lowest BCUT2D eigenvalue weighted by molar-refractivity contribution is 0.459. The van der Waals surface area contributed by atoms with E-state index in [0.29, 0.717) is 11.1 Å². The highest BCUT2D eigenvalue weighted by Crippen LogP contribution is 2.39. The van der Waals surface area contributed by atoms with Crippen LogP contribution in [0.1, 0.15) is 26.3 Å². The van der Waals surface area contributed by atoms with E-state index in [1.165, 1.54) is 18.2 Å². The van der Waals surface area contributed by atoms with Crippen molar-refractivity contribution in [1.82, 2.24) is 0 Å². The largest absolute Gasteiger partial charge is 0.508 e. The molecule has 151 valence electrons. The van der Waals surface area contributed by atoms with Gasteiger partial charge in [-0.3, -0.25) is 0 Å². The van der Waals surface area contributed by atoms with Crippen molar-refractivity contribution in [3.8, 4) is 28.4 Å². The summed E-state index contributed by atoms with van der Waals surface area (Å²) < 4.78 is 0. The molecule has 0 aliphatic carbocycles. The van der Waals surface area contributed by atoms with Gasteiger partial charge in [0.25, 0.3) is 0 Å². The van der Waals surface area contributed by atoms with Crippen LogP contribution in [0, 0.1) is 0 Å². The molecule has 0 aromatic heterocycles. The van der Waals surface area contributed by atoms with Crippen molar-refractivity contribution in [3.63, 3.8) is 0 Å². The summed E-state index contributed by atoms with van der Waals surface area (Å²) in [7, 11) is 29.1. The maximum Gasteiger partial charge on any atom is 0.495 e. The van der Waals surface area contributed by atoms with Gasteiger partial charge in [0, 0.05) is 11.1 Å². The fourth-order valence-corrected chi connectivity index (χ4v) is 1.96. The van der Waals surface area contributed by atoms with Crippen LogP contribution in [0.4, 0.5) is 0 Å². The summed E-state index contributed by atoms with van der Waals surface area (Å²) in [6.45, 7) is 6.22. The highest BCUT2D eigenvalue weighted by Gasteiger charge is 2.17. The summed E-state index contributed by atoms with van der Waals surface area (Å²) in [4.78, 5) is 0. The van der Waals surface area contributed by atoms with Crippen molar-refractivity contribution < 1.29 is 15.3 Å². The van der Waals surface area contributed by atoms with Gasteiger partial charge in [0.05, 0.1) is 0 Å². The standard InChI is InChI=1S/C16H18O3.3Al.6ClH/c1-16(2,3)10-4-6-14(18)12(8-10)13-9-11(17)5-7-15(13)19;;;;;;;;;/h4-9,17-19H,1-3H3;;;;6*1H/q;3*+2;;;;;;/p-6. The molecule has 2 aromatic rings. The van der Waals surface area contributed by atoms with Gasteiger partial charge in [-0.1, -0.05) is 26.8 Å². The van der Waals surface area contributed by atoms with E-state index in [-0.39, 0.29) is 62.8 Å². The Morgan fingerprint density at radius 1 is 0.643 bits per heavy atom. The molecule has 0 saturated heterocycles. The summed E-state index contributed by atoms with van der Waals surface area (Å²) in [6, 6.07) is 9.57. The lowest BCUT2D eigenvalue weighted by Crippen LogP contribution is -2.10. The zero-order valence-corrected chi connectivity index (χ0v) is 23.3. The number of phenols is 3. The van der Waals surface area contributed by atoms with Crippen molar-refractivity contribution in [2.24, 2.45) is 0 Å². The van der Waals surface area contributed by atoms with Gasteiger partial charge in [-0.2, -0.15) is 0 Å². The van der Waals surface area contributed by atoms with Crippen LogP contribution >= 0.6 is 60.3 Å². The second kappa shape index (κ2) is 17.8. The molecular formula is C16H18Al3Cl6O3. The monoisotopic (exact) mass is 549 g/mol. The van der Waals surface area contributed by atoms with Crippen molar-refractivity contribution in [2.75, 3.05) is 0 Å². The van der Waals surface area contributed by atoms with Gasteiger partial charge >= 0.3 is 40.1 Å². The molecule has 0 saturated carbocycles. The second-order valence-corrected chi connectivity index (χ2v) is 12.4. The van der Waals surface area contributed by atoms with Crippen molar-refractivity contribution in [2.45, 2.75) is 26.2 Å². The van der Waals surface area contributed by atoms with E-state index in [1.54, 1.807) is 6.07 Å². The molecule has 0 amide bonds. The summed E-state index contributed by atoms with van der Waals surface area (Å²) in [5, 5.41) is 29.4. The molecule has 28 heavy (non-hydrogen) atoms. The molecule has 0 aliphatic rings. The van der Waals surface area contributed by atoms with Crippen LogP contribution in [0.2, 0.25) is 0 Å². The second-order valence-electron chi connectivity index (χ2n) is 5.93. The van der Waals surface area contributed by atoms with E-state index in [4.69, 9.17) is 60.3 Å². The normalized spacial score (nSPS) is 9.32. The van der Waals surface area contributed by atoms with Crippen molar-refractivity contribution >= 4 is 100 Å². The zero-order valence-electron chi connectivity index (χ0n) is 15.3. The number of hydrogen-bond acceptors (Lipinski definition) is 3. The number of hydrogen-bond donors (Lipinski definition) is 3. The minimum absolute atomic E-state index is 0.0270. The zero-order chi connectivity index (χ0) is 22.3. The van der Waals surface area contributed by atoms with E-state index < -0.39 is 0 Å². The van der Waals surface area contributed by atoms with Crippen LogP contribution in [-0.4, -0.2) is 55.4 Å². The Kier molecular flexibility index (Phi) is 20.0. The van der Waals surface area contributed by atoms with Crippen LogP contribution in [-0.2, 0) is 5.41 Å². The molecule has 0 unspecified atom stereocenters. The van der Waals surface area contributed by atoms with Crippen LogP contribution in [0.3, 0.4) is 0 Å². The molecule has 12 heteroatoms. The molecular weight excluding hydrogens is 534 g/mol. The predicted octanol–water partition coefficient (Wildman–Crippen LogP) is 6.76. The lowest BCUT2D eigenvalue weighted by atomic mass is 9.85. The van der Waals surface area contributed by atoms with Crippen LogP contribution < -0.4 is 0 Å². The van der Waals surface area contributed by atoms with E-state index in [2.05, 4.69) is 20.8 Å². The summed E-state index contributed by atoms with van der Waals surface area (Å²) in [5.74, 6) is 0.154. The van der Waals surface area contributed by atoms with Gasteiger partial charge in [-0.15, -0.1) is 0 Å². The maximum atomic E-state index is 9.98. The molecule has 0 atom stereocenters. The summed E-state index contributed by atoms with van der Waals surface area (Å²) in [6.07, 6.45) is 0. The van der Waals surface area contributed by atoms with Gasteiger partial charge in [-0.25, -0.2) is 60.3 Å². The minimum Gasteiger partial charge on any atom is -0.508 e. The smallest absolute Gasteiger partial charge is 0.495 e. The lowest BCUT2D eigenvalue weighted by Gasteiger charge is -2.20. The van der Waals surface area contributed by atoms with Gasteiger partial charge < -0.3 is 15.3 Å². The van der Waals surface area contributed by atoms with Gasteiger partial charge in [0.15, 0.2) is 0 Å². The van der Waals surface area contributed by atoms with E-state index >= 15 is 0 Å². The third kappa shape index (κ3) is 13.5. The summed E-state index contributed by atoms with van der Waals surface area (Å²) in [5.41, 5.74) is 1.92. The Bertz CT molecular complexity index is 682. The minimum atomic E-state index is -0.306. The molecule has 0 heterocycles. The first kappa shape index (κ1) is 31.4. The average molecular weight is 552 g/mol. The van der Waals surface area contributed by atoms with Crippen LogP contribution in [0.5, 0.6) is 17.2 Å².